The predicted molar refractivity (Wildman–Crippen MR) is 48.1 cm³/mol. The van der Waals surface area contributed by atoms with Gasteiger partial charge in [0.25, 0.3) is 0 Å². The van der Waals surface area contributed by atoms with Crippen LogP contribution in [-0.4, -0.2) is 18.8 Å². The molecule has 4 heteroatoms. The van der Waals surface area contributed by atoms with Crippen molar-refractivity contribution in [1.29, 1.82) is 0 Å². The summed E-state index contributed by atoms with van der Waals surface area (Å²) >= 11 is 4.69. The zero-order chi connectivity index (χ0) is 7.98. The van der Waals surface area contributed by atoms with Crippen molar-refractivity contribution in [1.82, 2.24) is 5.32 Å². The summed E-state index contributed by atoms with van der Waals surface area (Å²) in [5.41, 5.74) is 6.17. The molecule has 10 heavy (non-hydrogen) atoms. The van der Waals surface area contributed by atoms with Crippen molar-refractivity contribution in [2.24, 2.45) is 10.7 Å². The molecule has 0 aliphatic carbocycles. The molecule has 0 atom stereocenters. The highest BCUT2D eigenvalue weighted by Crippen LogP contribution is 1.95. The van der Waals surface area contributed by atoms with Gasteiger partial charge in [0.15, 0.2) is 0 Å². The number of nitrogens with two attached hydrogens (primary N) is 1. The van der Waals surface area contributed by atoms with Crippen LogP contribution < -0.4 is 11.1 Å². The van der Waals surface area contributed by atoms with Crippen molar-refractivity contribution < 1.29 is 0 Å². The molecule has 0 saturated heterocycles. The minimum absolute atomic E-state index is 0.448. The molecule has 0 radical (unpaired) electrons. The summed E-state index contributed by atoms with van der Waals surface area (Å²) in [6.07, 6.45) is 2.14. The number of nitrogens with zero attached hydrogens (tertiary/aromatic N) is 1. The molecule has 0 aliphatic heterocycles. The lowest BCUT2D eigenvalue weighted by molar-refractivity contribution is 0.948. The highest BCUT2D eigenvalue weighted by molar-refractivity contribution is 7.80. The van der Waals surface area contributed by atoms with Crippen LogP contribution in [0.25, 0.3) is 0 Å². The molecule has 0 unspecified atom stereocenters. The Labute approximate surface area is 66.0 Å². The molecule has 0 heterocycles. The normalized spacial score (nSPS) is 10.7. The van der Waals surface area contributed by atoms with E-state index < -0.39 is 0 Å². The van der Waals surface area contributed by atoms with Gasteiger partial charge in [-0.05, 0) is 6.72 Å². The van der Waals surface area contributed by atoms with E-state index in [4.69, 9.17) is 5.73 Å². The largest absolute Gasteiger partial charge is 0.393 e. The highest BCUT2D eigenvalue weighted by atomic mass is 32.1. The number of thiocarbonyl (C=S) groups is 1. The average Bonchev–Trinajstić information content (AvgIpc) is 1.86. The molecule has 0 spiro atoms. The smallest absolute Gasteiger partial charge is 0.0787 e. The number of hydrogen-bond acceptors (Lipinski definition) is 3. The van der Waals surface area contributed by atoms with Crippen molar-refractivity contribution >= 4 is 23.9 Å². The van der Waals surface area contributed by atoms with Gasteiger partial charge in [-0.1, -0.05) is 12.2 Å². The zero-order valence-corrected chi connectivity index (χ0v) is 6.74. The number of aliphatic imine (C=N–C) groups is 1. The molecule has 0 aromatic heterocycles. The fourth-order valence-corrected chi connectivity index (χ4v) is 0.652. The minimum Gasteiger partial charge on any atom is -0.393 e. The molecule has 56 valence electrons. The highest BCUT2D eigenvalue weighted by Gasteiger charge is 1.93. The van der Waals surface area contributed by atoms with Gasteiger partial charge in [-0.3, -0.25) is 4.99 Å². The van der Waals surface area contributed by atoms with Crippen LogP contribution in [0.15, 0.2) is 16.9 Å². The lowest BCUT2D eigenvalue weighted by atomic mass is 10.3. The van der Waals surface area contributed by atoms with Crippen molar-refractivity contribution in [3.8, 4) is 0 Å². The molecular formula is C6H11N3S. The number of rotatable bonds is 4. The SMILES string of the molecule is C=N/C=C(/CC(N)=S)NC. The van der Waals surface area contributed by atoms with Gasteiger partial charge in [-0.2, -0.15) is 0 Å². The van der Waals surface area contributed by atoms with Crippen molar-refractivity contribution in [3.63, 3.8) is 0 Å². The Morgan fingerprint density at radius 3 is 2.80 bits per heavy atom. The van der Waals surface area contributed by atoms with Gasteiger partial charge in [-0.25, -0.2) is 0 Å². The number of nitrogens with one attached hydrogen (secondary N) is 1. The Kier molecular flexibility index (Phi) is 4.49. The van der Waals surface area contributed by atoms with Gasteiger partial charge >= 0.3 is 0 Å². The monoisotopic (exact) mass is 157 g/mol. The van der Waals surface area contributed by atoms with E-state index in [1.165, 1.54) is 0 Å². The lowest BCUT2D eigenvalue weighted by Crippen LogP contribution is -2.15. The first-order chi connectivity index (χ1) is 4.70. The van der Waals surface area contributed by atoms with E-state index in [0.29, 0.717) is 11.4 Å². The fraction of sp³-hybridized carbons (Fsp3) is 0.333. The van der Waals surface area contributed by atoms with Gasteiger partial charge in [0, 0.05) is 25.4 Å². The van der Waals surface area contributed by atoms with Crippen LogP contribution in [0.5, 0.6) is 0 Å². The Hall–Kier alpha value is -0.900. The van der Waals surface area contributed by atoms with Crippen LogP contribution in [0.3, 0.4) is 0 Å². The Bertz CT molecular complexity index is 162. The Morgan fingerprint density at radius 1 is 1.90 bits per heavy atom. The van der Waals surface area contributed by atoms with Crippen LogP contribution in [0.1, 0.15) is 6.42 Å². The molecule has 0 aromatic carbocycles. The molecule has 0 saturated carbocycles. The van der Waals surface area contributed by atoms with E-state index in [1.54, 1.807) is 13.2 Å². The van der Waals surface area contributed by atoms with E-state index in [0.717, 1.165) is 5.70 Å². The van der Waals surface area contributed by atoms with Gasteiger partial charge in [-0.15, -0.1) is 0 Å². The van der Waals surface area contributed by atoms with Crippen LogP contribution >= 0.6 is 12.2 Å². The Balaban J connectivity index is 3.95. The Morgan fingerprint density at radius 2 is 2.50 bits per heavy atom. The maximum atomic E-state index is 5.29. The number of hydrogen-bond donors (Lipinski definition) is 2. The zero-order valence-electron chi connectivity index (χ0n) is 5.92. The van der Waals surface area contributed by atoms with Gasteiger partial charge in [0.1, 0.15) is 0 Å². The first-order valence-electron chi connectivity index (χ1n) is 2.81. The summed E-state index contributed by atoms with van der Waals surface area (Å²) in [6.45, 7) is 3.31. The molecule has 0 aromatic rings. The van der Waals surface area contributed by atoms with Crippen LogP contribution in [0.2, 0.25) is 0 Å². The topological polar surface area (TPSA) is 50.4 Å². The third-order valence-electron chi connectivity index (χ3n) is 0.933. The molecule has 3 nitrogen and oxygen atoms in total. The summed E-state index contributed by atoms with van der Waals surface area (Å²) in [5, 5.41) is 2.89. The van der Waals surface area contributed by atoms with Crippen molar-refractivity contribution in [3.05, 3.63) is 11.9 Å². The van der Waals surface area contributed by atoms with Crippen LogP contribution in [0.4, 0.5) is 0 Å². The average molecular weight is 157 g/mol. The molecular weight excluding hydrogens is 146 g/mol. The molecule has 3 N–H and O–H groups in total. The predicted octanol–water partition coefficient (Wildman–Crippen LogP) is 0.424. The summed E-state index contributed by atoms with van der Waals surface area (Å²) < 4.78 is 0. The lowest BCUT2D eigenvalue weighted by Gasteiger charge is -2.01. The summed E-state index contributed by atoms with van der Waals surface area (Å²) in [7, 11) is 1.79. The van der Waals surface area contributed by atoms with Crippen molar-refractivity contribution in [2.75, 3.05) is 7.05 Å². The first-order valence-corrected chi connectivity index (χ1v) is 3.22. The molecule has 0 rings (SSSR count). The van der Waals surface area contributed by atoms with E-state index in [1.807, 2.05) is 0 Å². The van der Waals surface area contributed by atoms with Gasteiger partial charge < -0.3 is 11.1 Å². The molecule has 0 aliphatic rings. The maximum Gasteiger partial charge on any atom is 0.0787 e. The third kappa shape index (κ3) is 4.03. The van der Waals surface area contributed by atoms with E-state index >= 15 is 0 Å². The summed E-state index contributed by atoms with van der Waals surface area (Å²) in [5.74, 6) is 0. The van der Waals surface area contributed by atoms with E-state index in [2.05, 4.69) is 29.2 Å². The first kappa shape index (κ1) is 9.10. The summed E-state index contributed by atoms with van der Waals surface area (Å²) in [4.78, 5) is 4.02. The quantitative estimate of drug-likeness (QED) is 0.459. The second-order valence-corrected chi connectivity index (χ2v) is 2.25. The van der Waals surface area contributed by atoms with E-state index in [-0.39, 0.29) is 0 Å². The van der Waals surface area contributed by atoms with Gasteiger partial charge in [0.05, 0.1) is 4.99 Å². The maximum absolute atomic E-state index is 5.29. The standard InChI is InChI=1S/C6H11N3S/c1-8-4-5(9-2)3-6(7)10/h4,9H,1,3H2,2H3,(H2,7,10)/b5-4-. The van der Waals surface area contributed by atoms with E-state index in [9.17, 15) is 0 Å². The van der Waals surface area contributed by atoms with Crippen molar-refractivity contribution in [2.45, 2.75) is 6.42 Å². The van der Waals surface area contributed by atoms with Crippen LogP contribution in [0, 0.1) is 0 Å². The fourth-order valence-electron chi connectivity index (χ4n) is 0.496. The van der Waals surface area contributed by atoms with Crippen LogP contribution in [-0.2, 0) is 0 Å². The molecule has 0 fully saturated rings. The minimum atomic E-state index is 0.448. The molecule has 0 bridgehead atoms. The van der Waals surface area contributed by atoms with Gasteiger partial charge in [0.2, 0.25) is 0 Å². The second-order valence-electron chi connectivity index (χ2n) is 1.73. The second kappa shape index (κ2) is 4.93. The summed E-state index contributed by atoms with van der Waals surface area (Å²) in [6, 6.07) is 0. The third-order valence-corrected chi connectivity index (χ3v) is 1.08. The molecule has 0 amide bonds.